The summed E-state index contributed by atoms with van der Waals surface area (Å²) in [7, 11) is 0. The molecule has 2 nitrogen and oxygen atoms in total. The molecule has 1 atom stereocenters. The molecule has 1 aliphatic carbocycles. The highest BCUT2D eigenvalue weighted by Crippen LogP contribution is 2.32. The molecule has 0 saturated heterocycles. The molecule has 13 heavy (non-hydrogen) atoms. The summed E-state index contributed by atoms with van der Waals surface area (Å²) < 4.78 is 0. The molecular weight excluding hydrogens is 184 g/mol. The van der Waals surface area contributed by atoms with Gasteiger partial charge < -0.3 is 5.73 Å². The Morgan fingerprint density at radius 2 is 2.38 bits per heavy atom. The average Bonchev–Trinajstić information content (AvgIpc) is 2.53. The Balaban J connectivity index is 2.36. The van der Waals surface area contributed by atoms with E-state index in [9.17, 15) is 0 Å². The van der Waals surface area contributed by atoms with Crippen molar-refractivity contribution in [1.82, 2.24) is 4.98 Å². The Labute approximate surface area is 82.4 Å². The van der Waals surface area contributed by atoms with Gasteiger partial charge in [-0.25, -0.2) is 4.98 Å². The minimum Gasteiger partial charge on any atom is -0.383 e. The van der Waals surface area contributed by atoms with Crippen LogP contribution >= 0.6 is 11.6 Å². The molecule has 2 N–H and O–H groups in total. The molecule has 1 aromatic rings. The number of nitrogens with two attached hydrogens (primary N) is 1. The number of nitrogen functional groups attached to an aromatic ring is 1. The number of halogens is 1. The van der Waals surface area contributed by atoms with Crippen LogP contribution in [-0.2, 0) is 0 Å². The molecule has 0 radical (unpaired) electrons. The van der Waals surface area contributed by atoms with E-state index in [2.05, 4.69) is 11.1 Å². The topological polar surface area (TPSA) is 38.9 Å². The summed E-state index contributed by atoms with van der Waals surface area (Å²) in [6, 6.07) is 3.89. The highest BCUT2D eigenvalue weighted by Gasteiger charge is 2.16. The van der Waals surface area contributed by atoms with Gasteiger partial charge >= 0.3 is 0 Å². The predicted octanol–water partition coefficient (Wildman–Crippen LogP) is 2.45. The van der Waals surface area contributed by atoms with Gasteiger partial charge in [0.05, 0.1) is 5.38 Å². The zero-order valence-corrected chi connectivity index (χ0v) is 7.96. The maximum atomic E-state index is 5.97. The number of allylic oxidation sites excluding steroid dienone is 2. The quantitative estimate of drug-likeness (QED) is 0.698. The van der Waals surface area contributed by atoms with E-state index in [0.717, 1.165) is 18.4 Å². The van der Waals surface area contributed by atoms with Gasteiger partial charge in [-0.3, -0.25) is 0 Å². The fourth-order valence-corrected chi connectivity index (χ4v) is 1.85. The second-order valence-corrected chi connectivity index (χ2v) is 3.74. The number of nitrogens with zero attached hydrogens (tertiary/aromatic N) is 1. The Bertz CT molecular complexity index is 347. The molecule has 3 heteroatoms. The monoisotopic (exact) mass is 194 g/mol. The van der Waals surface area contributed by atoms with Crippen molar-refractivity contribution < 1.29 is 0 Å². The van der Waals surface area contributed by atoms with E-state index in [1.54, 1.807) is 6.20 Å². The molecule has 0 fully saturated rings. The van der Waals surface area contributed by atoms with Crippen molar-refractivity contribution in [1.29, 1.82) is 0 Å². The second kappa shape index (κ2) is 3.38. The van der Waals surface area contributed by atoms with Gasteiger partial charge in [-0.2, -0.15) is 0 Å². The largest absolute Gasteiger partial charge is 0.383 e. The maximum Gasteiger partial charge on any atom is 0.130 e. The van der Waals surface area contributed by atoms with Crippen LogP contribution in [0.2, 0.25) is 0 Å². The number of rotatable bonds is 1. The highest BCUT2D eigenvalue weighted by molar-refractivity contribution is 6.22. The van der Waals surface area contributed by atoms with Gasteiger partial charge in [0.2, 0.25) is 0 Å². The van der Waals surface area contributed by atoms with Gasteiger partial charge in [0.1, 0.15) is 5.82 Å². The third kappa shape index (κ3) is 1.68. The summed E-state index contributed by atoms with van der Waals surface area (Å²) in [6.07, 6.45) is 5.77. The molecule has 0 spiro atoms. The Kier molecular flexibility index (Phi) is 2.23. The Morgan fingerprint density at radius 1 is 1.54 bits per heavy atom. The first-order valence-electron chi connectivity index (χ1n) is 4.33. The van der Waals surface area contributed by atoms with Gasteiger partial charge in [-0.1, -0.05) is 6.08 Å². The first-order valence-corrected chi connectivity index (χ1v) is 4.76. The maximum absolute atomic E-state index is 5.97. The molecule has 68 valence electrons. The minimum atomic E-state index is 0.162. The molecule has 0 bridgehead atoms. The van der Waals surface area contributed by atoms with Crippen molar-refractivity contribution in [3.8, 4) is 0 Å². The Hall–Kier alpha value is -1.02. The molecule has 0 aromatic carbocycles. The molecule has 0 aliphatic heterocycles. The summed E-state index contributed by atoms with van der Waals surface area (Å²) in [5.41, 5.74) is 8.01. The molecular formula is C10H11ClN2. The Morgan fingerprint density at radius 3 is 3.00 bits per heavy atom. The van der Waals surface area contributed by atoms with Crippen LogP contribution in [0.3, 0.4) is 0 Å². The van der Waals surface area contributed by atoms with Crippen molar-refractivity contribution in [2.75, 3.05) is 5.73 Å². The zero-order chi connectivity index (χ0) is 9.26. The third-order valence-corrected chi connectivity index (χ3v) is 2.60. The number of alkyl halides is 1. The van der Waals surface area contributed by atoms with E-state index in [4.69, 9.17) is 17.3 Å². The van der Waals surface area contributed by atoms with Gasteiger partial charge in [0.15, 0.2) is 0 Å². The van der Waals surface area contributed by atoms with Crippen molar-refractivity contribution in [2.24, 2.45) is 0 Å². The summed E-state index contributed by atoms with van der Waals surface area (Å²) in [4.78, 5) is 4.04. The molecule has 2 rings (SSSR count). The fourth-order valence-electron chi connectivity index (χ4n) is 1.59. The molecule has 0 saturated carbocycles. The lowest BCUT2D eigenvalue weighted by Crippen LogP contribution is -1.94. The molecule has 1 aliphatic rings. The van der Waals surface area contributed by atoms with Crippen LogP contribution in [0.4, 0.5) is 5.82 Å². The van der Waals surface area contributed by atoms with Gasteiger partial charge in [-0.15, -0.1) is 11.6 Å². The van der Waals surface area contributed by atoms with Crippen molar-refractivity contribution in [3.63, 3.8) is 0 Å². The van der Waals surface area contributed by atoms with Crippen molar-refractivity contribution in [3.05, 3.63) is 30.0 Å². The van der Waals surface area contributed by atoms with Gasteiger partial charge in [-0.05, 0) is 30.5 Å². The van der Waals surface area contributed by atoms with Gasteiger partial charge in [0, 0.05) is 11.8 Å². The zero-order valence-electron chi connectivity index (χ0n) is 7.20. The number of hydrogen-bond donors (Lipinski definition) is 1. The first kappa shape index (κ1) is 8.57. The first-order chi connectivity index (χ1) is 6.27. The number of hydrogen-bond acceptors (Lipinski definition) is 2. The second-order valence-electron chi connectivity index (χ2n) is 3.18. The lowest BCUT2D eigenvalue weighted by molar-refractivity contribution is 0.941. The van der Waals surface area contributed by atoms with E-state index in [1.807, 2.05) is 12.1 Å². The highest BCUT2D eigenvalue weighted by atomic mass is 35.5. The SMILES string of the molecule is Nc1ncccc1C1=CC(Cl)CC1. The van der Waals surface area contributed by atoms with Gasteiger partial charge in [0.25, 0.3) is 0 Å². The van der Waals surface area contributed by atoms with Crippen molar-refractivity contribution in [2.45, 2.75) is 18.2 Å². The average molecular weight is 195 g/mol. The lowest BCUT2D eigenvalue weighted by atomic mass is 10.1. The van der Waals surface area contributed by atoms with Crippen LogP contribution in [0.25, 0.3) is 5.57 Å². The van der Waals surface area contributed by atoms with Crippen molar-refractivity contribution >= 4 is 23.0 Å². The van der Waals surface area contributed by atoms with E-state index in [1.165, 1.54) is 5.57 Å². The van der Waals surface area contributed by atoms with Crippen LogP contribution in [0.15, 0.2) is 24.4 Å². The number of anilines is 1. The summed E-state index contributed by atoms with van der Waals surface area (Å²) >= 11 is 5.97. The lowest BCUT2D eigenvalue weighted by Gasteiger charge is -2.03. The van der Waals surface area contributed by atoms with E-state index < -0.39 is 0 Å². The molecule has 1 aromatic heterocycles. The smallest absolute Gasteiger partial charge is 0.130 e. The normalized spacial score (nSPS) is 21.6. The summed E-state index contributed by atoms with van der Waals surface area (Å²) in [5.74, 6) is 0.597. The number of aromatic nitrogens is 1. The van der Waals surface area contributed by atoms with Crippen LogP contribution < -0.4 is 5.73 Å². The minimum absolute atomic E-state index is 0.162. The summed E-state index contributed by atoms with van der Waals surface area (Å²) in [6.45, 7) is 0. The van der Waals surface area contributed by atoms with Crippen LogP contribution in [-0.4, -0.2) is 10.4 Å². The van der Waals surface area contributed by atoms with Crippen LogP contribution in [0.5, 0.6) is 0 Å². The molecule has 1 heterocycles. The standard InChI is InChI=1S/C10H11ClN2/c11-8-4-3-7(6-8)9-2-1-5-13-10(9)12/h1-2,5-6,8H,3-4H2,(H2,12,13). The van der Waals surface area contributed by atoms with E-state index in [0.29, 0.717) is 5.82 Å². The predicted molar refractivity (Wildman–Crippen MR) is 55.5 cm³/mol. The van der Waals surface area contributed by atoms with Crippen LogP contribution in [0, 0.1) is 0 Å². The summed E-state index contributed by atoms with van der Waals surface area (Å²) in [5, 5.41) is 0.162. The fraction of sp³-hybridized carbons (Fsp3) is 0.300. The molecule has 0 amide bonds. The van der Waals surface area contributed by atoms with E-state index in [-0.39, 0.29) is 5.38 Å². The third-order valence-electron chi connectivity index (χ3n) is 2.26. The van der Waals surface area contributed by atoms with E-state index >= 15 is 0 Å². The molecule has 1 unspecified atom stereocenters. The number of pyridine rings is 1. The van der Waals surface area contributed by atoms with Crippen LogP contribution in [0.1, 0.15) is 18.4 Å².